The van der Waals surface area contributed by atoms with Gasteiger partial charge >= 0.3 is 8.80 Å². The Kier molecular flexibility index (Phi) is 5.37. The number of fused-ring (bicyclic) bond motifs is 1. The Morgan fingerprint density at radius 1 is 0.875 bits per heavy atom. The zero-order valence-electron chi connectivity index (χ0n) is 13.9. The van der Waals surface area contributed by atoms with Crippen LogP contribution < -0.4 is 0 Å². The minimum atomic E-state index is -2.78. The lowest BCUT2D eigenvalue weighted by Crippen LogP contribution is -2.46. The van der Waals surface area contributed by atoms with Gasteiger partial charge in [0, 0.05) is 37.4 Å². The van der Waals surface area contributed by atoms with Crippen molar-refractivity contribution in [2.24, 2.45) is 0 Å². The van der Waals surface area contributed by atoms with Crippen LogP contribution in [0, 0.1) is 0 Å². The summed E-state index contributed by atoms with van der Waals surface area (Å²) in [5, 5.41) is 1.10. The zero-order chi connectivity index (χ0) is 16.8. The fourth-order valence-electron chi connectivity index (χ4n) is 2.71. The normalized spacial score (nSPS) is 11.8. The molecule has 0 saturated carbocycles. The fraction of sp³-hybridized carbons (Fsp3) is 0.211. The van der Waals surface area contributed by atoms with Gasteiger partial charge in [0.25, 0.3) is 0 Å². The van der Waals surface area contributed by atoms with E-state index in [1.807, 2.05) is 48.5 Å². The molecule has 0 aliphatic rings. The largest absolute Gasteiger partial charge is 0.505 e. The quantitative estimate of drug-likeness (QED) is 0.615. The highest BCUT2D eigenvalue weighted by atomic mass is 28.4. The average Bonchev–Trinajstić information content (AvgIpc) is 2.66. The van der Waals surface area contributed by atoms with Crippen LogP contribution in [0.4, 0.5) is 0 Å². The van der Waals surface area contributed by atoms with Crippen molar-refractivity contribution in [1.82, 2.24) is 4.98 Å². The van der Waals surface area contributed by atoms with E-state index in [0.29, 0.717) is 12.7 Å². The van der Waals surface area contributed by atoms with Gasteiger partial charge in [-0.25, -0.2) is 0 Å². The Morgan fingerprint density at radius 2 is 1.62 bits per heavy atom. The van der Waals surface area contributed by atoms with E-state index < -0.39 is 8.80 Å². The van der Waals surface area contributed by atoms with Crippen molar-refractivity contribution >= 4 is 19.7 Å². The minimum Gasteiger partial charge on any atom is -0.377 e. The van der Waals surface area contributed by atoms with Crippen LogP contribution in [0.2, 0.25) is 0 Å². The first-order chi connectivity index (χ1) is 11.8. The summed E-state index contributed by atoms with van der Waals surface area (Å²) in [5.74, 6) is 0. The molecule has 0 saturated heterocycles. The summed E-state index contributed by atoms with van der Waals surface area (Å²) in [4.78, 5) is 4.47. The molecular formula is C19H21NO3Si. The van der Waals surface area contributed by atoms with E-state index in [0.717, 1.165) is 22.0 Å². The van der Waals surface area contributed by atoms with E-state index in [2.05, 4.69) is 17.1 Å². The maximum absolute atomic E-state index is 6.18. The maximum Gasteiger partial charge on any atom is 0.505 e. The van der Waals surface area contributed by atoms with E-state index in [1.54, 1.807) is 20.4 Å². The van der Waals surface area contributed by atoms with Crippen molar-refractivity contribution in [2.75, 3.05) is 14.2 Å². The van der Waals surface area contributed by atoms with Gasteiger partial charge in [0.1, 0.15) is 0 Å². The number of aromatic nitrogens is 1. The molecule has 0 radical (unpaired) electrons. The lowest BCUT2D eigenvalue weighted by Gasteiger charge is -2.26. The first-order valence-electron chi connectivity index (χ1n) is 7.87. The summed E-state index contributed by atoms with van der Waals surface area (Å²) in [6, 6.07) is 20.8. The van der Waals surface area contributed by atoms with Crippen LogP contribution in [0.3, 0.4) is 0 Å². The molecule has 0 N–H and O–H groups in total. The van der Waals surface area contributed by atoms with E-state index in [4.69, 9.17) is 13.3 Å². The second kappa shape index (κ2) is 7.68. The fourth-order valence-corrected chi connectivity index (χ4v) is 4.62. The third-order valence-electron chi connectivity index (χ3n) is 4.05. The summed E-state index contributed by atoms with van der Waals surface area (Å²) in [6.07, 6.45) is 1.80. The van der Waals surface area contributed by atoms with Crippen LogP contribution in [0.5, 0.6) is 0 Å². The molecule has 124 valence electrons. The Bertz CT molecular complexity index is 785. The molecule has 1 heterocycles. The molecule has 0 bridgehead atoms. The molecule has 3 aromatic rings. The SMILES string of the molecule is CO[Si](Cc1ccccc1)(OC)OCc1cccc2cccnc12. The number of nitrogens with zero attached hydrogens (tertiary/aromatic N) is 1. The number of pyridine rings is 1. The molecule has 0 aliphatic carbocycles. The molecule has 0 atom stereocenters. The summed E-state index contributed by atoms with van der Waals surface area (Å²) < 4.78 is 17.6. The van der Waals surface area contributed by atoms with E-state index in [9.17, 15) is 0 Å². The topological polar surface area (TPSA) is 40.6 Å². The number of hydrogen-bond acceptors (Lipinski definition) is 4. The van der Waals surface area contributed by atoms with Crippen molar-refractivity contribution in [2.45, 2.75) is 12.7 Å². The molecule has 24 heavy (non-hydrogen) atoms. The number of benzene rings is 2. The molecule has 2 aromatic carbocycles. The zero-order valence-corrected chi connectivity index (χ0v) is 14.9. The summed E-state index contributed by atoms with van der Waals surface area (Å²) >= 11 is 0. The Balaban J connectivity index is 1.81. The van der Waals surface area contributed by atoms with Crippen LogP contribution in [0.1, 0.15) is 11.1 Å². The van der Waals surface area contributed by atoms with Gasteiger partial charge in [0.05, 0.1) is 12.1 Å². The van der Waals surface area contributed by atoms with Crippen molar-refractivity contribution in [3.8, 4) is 0 Å². The second-order valence-electron chi connectivity index (χ2n) is 5.53. The third kappa shape index (κ3) is 3.71. The van der Waals surface area contributed by atoms with Gasteiger partial charge in [0.2, 0.25) is 0 Å². The highest BCUT2D eigenvalue weighted by Gasteiger charge is 2.39. The molecule has 0 unspecified atom stereocenters. The number of para-hydroxylation sites is 1. The minimum absolute atomic E-state index is 0.412. The van der Waals surface area contributed by atoms with Gasteiger partial charge in [-0.05, 0) is 11.6 Å². The lowest BCUT2D eigenvalue weighted by atomic mass is 10.1. The number of rotatable bonds is 7. The maximum atomic E-state index is 6.18. The van der Waals surface area contributed by atoms with Crippen molar-refractivity contribution < 1.29 is 13.3 Å². The third-order valence-corrected chi connectivity index (χ3v) is 6.72. The first kappa shape index (κ1) is 16.8. The van der Waals surface area contributed by atoms with Crippen molar-refractivity contribution in [3.05, 3.63) is 78.0 Å². The molecule has 1 aromatic heterocycles. The van der Waals surface area contributed by atoms with Crippen molar-refractivity contribution in [3.63, 3.8) is 0 Å². The summed E-state index contributed by atoms with van der Waals surface area (Å²) in [5.41, 5.74) is 3.13. The summed E-state index contributed by atoms with van der Waals surface area (Å²) in [6.45, 7) is 0.412. The molecule has 0 fully saturated rings. The molecular weight excluding hydrogens is 318 g/mol. The lowest BCUT2D eigenvalue weighted by molar-refractivity contribution is 0.0907. The van der Waals surface area contributed by atoms with Gasteiger partial charge in [-0.2, -0.15) is 0 Å². The highest BCUT2D eigenvalue weighted by Crippen LogP contribution is 2.21. The first-order valence-corrected chi connectivity index (χ1v) is 9.80. The standard InChI is InChI=1S/C19H21NO3Si/c1-21-24(22-2,15-16-8-4-3-5-9-16)23-14-18-11-6-10-17-12-7-13-20-19(17)18/h3-13H,14-15H2,1-2H3. The van der Waals surface area contributed by atoms with Gasteiger partial charge in [0.15, 0.2) is 0 Å². The van der Waals surface area contributed by atoms with Crippen LogP contribution in [-0.4, -0.2) is 28.0 Å². The monoisotopic (exact) mass is 339 g/mol. The Hall–Kier alpha value is -2.05. The smallest absolute Gasteiger partial charge is 0.377 e. The van der Waals surface area contributed by atoms with Gasteiger partial charge in [-0.15, -0.1) is 0 Å². The molecule has 0 aliphatic heterocycles. The Morgan fingerprint density at radius 3 is 2.38 bits per heavy atom. The highest BCUT2D eigenvalue weighted by molar-refractivity contribution is 6.60. The van der Waals surface area contributed by atoms with Gasteiger partial charge < -0.3 is 13.3 Å². The van der Waals surface area contributed by atoms with E-state index in [-0.39, 0.29) is 0 Å². The van der Waals surface area contributed by atoms with Crippen LogP contribution in [0.25, 0.3) is 10.9 Å². The Labute approximate surface area is 143 Å². The van der Waals surface area contributed by atoms with E-state index in [1.165, 1.54) is 0 Å². The molecule has 0 spiro atoms. The molecule has 3 rings (SSSR count). The summed E-state index contributed by atoms with van der Waals surface area (Å²) in [7, 11) is 0.523. The predicted molar refractivity (Wildman–Crippen MR) is 96.5 cm³/mol. The molecule has 5 heteroatoms. The van der Waals surface area contributed by atoms with Gasteiger partial charge in [-0.3, -0.25) is 4.98 Å². The number of hydrogen-bond donors (Lipinski definition) is 0. The molecule has 4 nitrogen and oxygen atoms in total. The second-order valence-corrected chi connectivity index (χ2v) is 8.36. The van der Waals surface area contributed by atoms with Gasteiger partial charge in [-0.1, -0.05) is 54.6 Å². The van der Waals surface area contributed by atoms with Crippen LogP contribution in [0.15, 0.2) is 66.9 Å². The van der Waals surface area contributed by atoms with Crippen molar-refractivity contribution in [1.29, 1.82) is 0 Å². The predicted octanol–water partition coefficient (Wildman–Crippen LogP) is 3.77. The average molecular weight is 339 g/mol. The van der Waals surface area contributed by atoms with Crippen LogP contribution in [-0.2, 0) is 25.9 Å². The van der Waals surface area contributed by atoms with Crippen LogP contribution >= 0.6 is 0 Å². The van der Waals surface area contributed by atoms with E-state index >= 15 is 0 Å². The molecule has 0 amide bonds.